The Labute approximate surface area is 145 Å². The molecule has 114 valence electrons. The van der Waals surface area contributed by atoms with Gasteiger partial charge in [-0.2, -0.15) is 0 Å². The molecule has 2 atom stereocenters. The van der Waals surface area contributed by atoms with Crippen molar-refractivity contribution in [2.45, 2.75) is 51.5 Å². The molecule has 2 nitrogen and oxygen atoms in total. The summed E-state index contributed by atoms with van der Waals surface area (Å²) in [5.74, 6) is 2.97. The average molecular weight is 417 g/mol. The summed E-state index contributed by atoms with van der Waals surface area (Å²) >= 11 is 8.55. The minimum Gasteiger partial charge on any atom is -0.324 e. The molecule has 0 radical (unpaired) electrons. The van der Waals surface area contributed by atoms with E-state index in [-0.39, 0.29) is 0 Å². The molecule has 0 amide bonds. The lowest BCUT2D eigenvalue weighted by Gasteiger charge is -2.36. The van der Waals surface area contributed by atoms with Crippen molar-refractivity contribution in [1.29, 1.82) is 0 Å². The van der Waals surface area contributed by atoms with E-state index in [0.717, 1.165) is 17.3 Å². The van der Waals surface area contributed by atoms with Crippen LogP contribution in [0.3, 0.4) is 0 Å². The first kappa shape index (κ1) is 15.6. The van der Waals surface area contributed by atoms with E-state index in [2.05, 4.69) is 59.2 Å². The van der Waals surface area contributed by atoms with Crippen LogP contribution in [0.15, 0.2) is 18.2 Å². The summed E-state index contributed by atoms with van der Waals surface area (Å²) < 4.78 is 3.68. The summed E-state index contributed by atoms with van der Waals surface area (Å²) in [7, 11) is 0. The Bertz CT molecular complexity index is 635. The van der Waals surface area contributed by atoms with Gasteiger partial charge < -0.3 is 4.57 Å². The third-order valence-electron chi connectivity index (χ3n) is 4.81. The molecule has 21 heavy (non-hydrogen) atoms. The van der Waals surface area contributed by atoms with E-state index < -0.39 is 0 Å². The molecule has 1 fully saturated rings. The Hall–Kier alpha value is -0.290. The smallest absolute Gasteiger partial charge is 0.125 e. The highest BCUT2D eigenvalue weighted by Gasteiger charge is 2.31. The van der Waals surface area contributed by atoms with Crippen LogP contribution in [0, 0.1) is 15.4 Å². The predicted molar refractivity (Wildman–Crippen MR) is 97.8 cm³/mol. The van der Waals surface area contributed by atoms with Crippen LogP contribution in [-0.2, 0) is 5.88 Å². The summed E-state index contributed by atoms with van der Waals surface area (Å²) in [4.78, 5) is 4.79. The van der Waals surface area contributed by atoms with Crippen molar-refractivity contribution in [2.24, 2.45) is 11.8 Å². The van der Waals surface area contributed by atoms with E-state index in [9.17, 15) is 0 Å². The lowest BCUT2D eigenvalue weighted by molar-refractivity contribution is 0.185. The molecule has 0 aliphatic heterocycles. The van der Waals surface area contributed by atoms with Gasteiger partial charge in [-0.1, -0.05) is 26.7 Å². The second-order valence-corrected chi connectivity index (χ2v) is 7.94. The van der Waals surface area contributed by atoms with E-state index in [0.29, 0.717) is 17.8 Å². The van der Waals surface area contributed by atoms with Gasteiger partial charge >= 0.3 is 0 Å². The van der Waals surface area contributed by atoms with Gasteiger partial charge in [0.2, 0.25) is 0 Å². The fourth-order valence-corrected chi connectivity index (χ4v) is 4.49. The maximum absolute atomic E-state index is 6.20. The molecular formula is C17H22ClIN2. The van der Waals surface area contributed by atoms with Crippen LogP contribution in [0.5, 0.6) is 0 Å². The molecule has 1 saturated carbocycles. The van der Waals surface area contributed by atoms with Gasteiger partial charge in [0.1, 0.15) is 5.82 Å². The van der Waals surface area contributed by atoms with Crippen molar-refractivity contribution < 1.29 is 0 Å². The Morgan fingerprint density at radius 1 is 1.33 bits per heavy atom. The van der Waals surface area contributed by atoms with Crippen LogP contribution in [-0.4, -0.2) is 9.55 Å². The van der Waals surface area contributed by atoms with Crippen molar-refractivity contribution in [3.05, 3.63) is 27.6 Å². The van der Waals surface area contributed by atoms with E-state index in [1.165, 1.54) is 34.8 Å². The Kier molecular flexibility index (Phi) is 4.79. The van der Waals surface area contributed by atoms with E-state index in [1.807, 2.05) is 0 Å². The van der Waals surface area contributed by atoms with Gasteiger partial charge in [0.25, 0.3) is 0 Å². The van der Waals surface area contributed by atoms with Gasteiger partial charge in [0, 0.05) is 9.61 Å². The lowest BCUT2D eigenvalue weighted by atomic mass is 9.77. The fourth-order valence-electron chi connectivity index (χ4n) is 3.82. The number of fused-ring (bicyclic) bond motifs is 1. The van der Waals surface area contributed by atoms with Crippen LogP contribution in [0.1, 0.15) is 51.4 Å². The van der Waals surface area contributed by atoms with Crippen molar-refractivity contribution in [3.63, 3.8) is 0 Å². The molecule has 1 heterocycles. The lowest BCUT2D eigenvalue weighted by Crippen LogP contribution is -2.28. The maximum Gasteiger partial charge on any atom is 0.125 e. The van der Waals surface area contributed by atoms with E-state index >= 15 is 0 Å². The molecule has 3 rings (SSSR count). The molecule has 4 heteroatoms. The van der Waals surface area contributed by atoms with Crippen LogP contribution < -0.4 is 0 Å². The second kappa shape index (κ2) is 6.45. The first-order valence-corrected chi connectivity index (χ1v) is 9.45. The van der Waals surface area contributed by atoms with Crippen LogP contribution >= 0.6 is 34.2 Å². The molecule has 0 N–H and O–H groups in total. The number of hydrogen-bond acceptors (Lipinski definition) is 1. The van der Waals surface area contributed by atoms with Gasteiger partial charge in [-0.3, -0.25) is 0 Å². The molecule has 1 aromatic heterocycles. The molecular weight excluding hydrogens is 395 g/mol. The van der Waals surface area contributed by atoms with Crippen molar-refractivity contribution in [1.82, 2.24) is 9.55 Å². The molecule has 1 aromatic carbocycles. The van der Waals surface area contributed by atoms with Crippen molar-refractivity contribution in [2.75, 3.05) is 0 Å². The highest BCUT2D eigenvalue weighted by Crippen LogP contribution is 2.41. The molecule has 1 aliphatic rings. The number of rotatable bonds is 3. The molecule has 2 aromatic rings. The molecule has 2 unspecified atom stereocenters. The SMILES string of the molecule is CC(C)C1CCCCC1n1c(CCl)nc2cc(I)ccc21. The largest absolute Gasteiger partial charge is 0.324 e. The highest BCUT2D eigenvalue weighted by atomic mass is 127. The third kappa shape index (κ3) is 2.96. The van der Waals surface area contributed by atoms with Gasteiger partial charge in [-0.15, -0.1) is 11.6 Å². The van der Waals surface area contributed by atoms with Crippen molar-refractivity contribution in [3.8, 4) is 0 Å². The zero-order valence-electron chi connectivity index (χ0n) is 12.6. The van der Waals surface area contributed by atoms with E-state index in [4.69, 9.17) is 16.6 Å². The summed E-state index contributed by atoms with van der Waals surface area (Å²) in [6.45, 7) is 4.71. The van der Waals surface area contributed by atoms with Gasteiger partial charge in [0.15, 0.2) is 0 Å². The Morgan fingerprint density at radius 3 is 2.81 bits per heavy atom. The number of halogens is 2. The first-order chi connectivity index (χ1) is 10.1. The quantitative estimate of drug-likeness (QED) is 0.459. The monoisotopic (exact) mass is 416 g/mol. The number of alkyl halides is 1. The number of hydrogen-bond donors (Lipinski definition) is 0. The standard InChI is InChI=1S/C17H22ClIN2/c1-11(2)13-5-3-4-6-15(13)21-16-8-7-12(19)9-14(16)20-17(21)10-18/h7-9,11,13,15H,3-6,10H2,1-2H3. The predicted octanol–water partition coefficient (Wildman–Crippen LogP) is 5.77. The molecule has 0 spiro atoms. The minimum absolute atomic E-state index is 0.493. The van der Waals surface area contributed by atoms with Crippen LogP contribution in [0.25, 0.3) is 11.0 Å². The fraction of sp³-hybridized carbons (Fsp3) is 0.588. The highest BCUT2D eigenvalue weighted by molar-refractivity contribution is 14.1. The Balaban J connectivity index is 2.13. The first-order valence-electron chi connectivity index (χ1n) is 7.84. The number of imidazole rings is 1. The third-order valence-corrected chi connectivity index (χ3v) is 5.72. The Morgan fingerprint density at radius 2 is 2.10 bits per heavy atom. The summed E-state index contributed by atoms with van der Waals surface area (Å²) in [6, 6.07) is 7.10. The van der Waals surface area contributed by atoms with Gasteiger partial charge in [0.05, 0.1) is 16.9 Å². The number of benzene rings is 1. The van der Waals surface area contributed by atoms with Crippen LogP contribution in [0.4, 0.5) is 0 Å². The number of nitrogens with zero attached hydrogens (tertiary/aromatic N) is 2. The number of aromatic nitrogens is 2. The molecule has 0 bridgehead atoms. The average Bonchev–Trinajstić information content (AvgIpc) is 2.84. The zero-order valence-corrected chi connectivity index (χ0v) is 15.6. The maximum atomic E-state index is 6.20. The van der Waals surface area contributed by atoms with Crippen LogP contribution in [0.2, 0.25) is 0 Å². The molecule has 0 saturated heterocycles. The minimum atomic E-state index is 0.493. The zero-order chi connectivity index (χ0) is 15.0. The van der Waals surface area contributed by atoms with Gasteiger partial charge in [-0.05, 0) is 65.5 Å². The normalized spacial score (nSPS) is 23.1. The van der Waals surface area contributed by atoms with E-state index in [1.54, 1.807) is 0 Å². The second-order valence-electron chi connectivity index (χ2n) is 6.42. The van der Waals surface area contributed by atoms with Gasteiger partial charge in [-0.25, -0.2) is 4.98 Å². The summed E-state index contributed by atoms with van der Waals surface area (Å²) in [5.41, 5.74) is 2.34. The summed E-state index contributed by atoms with van der Waals surface area (Å²) in [5, 5.41) is 0. The topological polar surface area (TPSA) is 17.8 Å². The van der Waals surface area contributed by atoms with Crippen molar-refractivity contribution >= 4 is 45.2 Å². The summed E-state index contributed by atoms with van der Waals surface area (Å²) in [6.07, 6.45) is 5.26. The molecule has 1 aliphatic carbocycles.